The third kappa shape index (κ3) is 3.58. The Morgan fingerprint density at radius 2 is 2.42 bits per heavy atom. The third-order valence-electron chi connectivity index (χ3n) is 3.54. The zero-order chi connectivity index (χ0) is 13.9. The lowest BCUT2D eigenvalue weighted by Crippen LogP contribution is -3.09. The van der Waals surface area contributed by atoms with Crippen LogP contribution in [0.25, 0.3) is 0 Å². The first-order valence-corrected chi connectivity index (χ1v) is 6.59. The van der Waals surface area contributed by atoms with Gasteiger partial charge in [0.2, 0.25) is 0 Å². The van der Waals surface area contributed by atoms with Gasteiger partial charge in [-0.05, 0) is 37.8 Å². The number of quaternary nitrogens is 1. The van der Waals surface area contributed by atoms with Gasteiger partial charge < -0.3 is 14.6 Å². The molecule has 0 aromatic carbocycles. The first-order valence-electron chi connectivity index (χ1n) is 6.59. The first-order chi connectivity index (χ1) is 9.03. The lowest BCUT2D eigenvalue weighted by Gasteiger charge is -2.23. The summed E-state index contributed by atoms with van der Waals surface area (Å²) in [6.45, 7) is 2.81. The van der Waals surface area contributed by atoms with Crippen molar-refractivity contribution in [1.82, 2.24) is 5.32 Å². The smallest absolute Gasteiger partial charge is 0.276 e. The number of nitriles is 1. The summed E-state index contributed by atoms with van der Waals surface area (Å²) < 4.78 is 5.25. The van der Waals surface area contributed by atoms with Crippen molar-refractivity contribution in [2.24, 2.45) is 5.92 Å². The molecule has 2 rings (SSSR count). The van der Waals surface area contributed by atoms with Gasteiger partial charge in [0, 0.05) is 0 Å². The number of hydrogen-bond donors (Lipinski definition) is 2. The second-order valence-electron chi connectivity index (χ2n) is 5.53. The molecule has 1 aliphatic carbocycles. The summed E-state index contributed by atoms with van der Waals surface area (Å²) in [5.41, 5.74) is -0.706. The van der Waals surface area contributed by atoms with E-state index < -0.39 is 5.54 Å². The van der Waals surface area contributed by atoms with Crippen LogP contribution < -0.4 is 10.2 Å². The predicted molar refractivity (Wildman–Crippen MR) is 69.1 cm³/mol. The molecule has 1 heterocycles. The van der Waals surface area contributed by atoms with E-state index >= 15 is 0 Å². The van der Waals surface area contributed by atoms with Crippen LogP contribution in [0.5, 0.6) is 0 Å². The van der Waals surface area contributed by atoms with E-state index in [9.17, 15) is 10.1 Å². The average Bonchev–Trinajstić information content (AvgIpc) is 3.10. The van der Waals surface area contributed by atoms with Crippen molar-refractivity contribution in [3.8, 4) is 6.07 Å². The van der Waals surface area contributed by atoms with E-state index in [2.05, 4.69) is 11.4 Å². The fraction of sp³-hybridized carbons (Fsp3) is 0.571. The van der Waals surface area contributed by atoms with Crippen LogP contribution in [0.15, 0.2) is 22.8 Å². The molecule has 1 aliphatic rings. The SMILES string of the molecule is C[NH+](CC(=O)N[C@@](C)(C#N)C1CC1)Cc1ccco1. The highest BCUT2D eigenvalue weighted by atomic mass is 16.3. The molecule has 19 heavy (non-hydrogen) atoms. The van der Waals surface area contributed by atoms with Gasteiger partial charge in [0.1, 0.15) is 12.1 Å². The molecule has 0 saturated heterocycles. The highest BCUT2D eigenvalue weighted by Gasteiger charge is 2.43. The summed E-state index contributed by atoms with van der Waals surface area (Å²) in [6, 6.07) is 5.96. The largest absolute Gasteiger partial charge is 0.463 e. The minimum absolute atomic E-state index is 0.0833. The number of likely N-dealkylation sites (N-methyl/N-ethyl adjacent to an activating group) is 1. The molecule has 1 aromatic rings. The Morgan fingerprint density at radius 1 is 1.68 bits per heavy atom. The zero-order valence-electron chi connectivity index (χ0n) is 11.4. The summed E-state index contributed by atoms with van der Waals surface area (Å²) in [4.78, 5) is 13.0. The molecule has 1 fully saturated rings. The van der Waals surface area contributed by atoms with Gasteiger partial charge in [-0.25, -0.2) is 0 Å². The number of nitrogens with one attached hydrogen (secondary N) is 2. The molecule has 5 nitrogen and oxygen atoms in total. The van der Waals surface area contributed by atoms with Crippen LogP contribution in [0, 0.1) is 17.2 Å². The van der Waals surface area contributed by atoms with Crippen molar-refractivity contribution in [1.29, 1.82) is 5.26 Å². The summed E-state index contributed by atoms with van der Waals surface area (Å²) >= 11 is 0. The van der Waals surface area contributed by atoms with Gasteiger partial charge in [-0.3, -0.25) is 4.79 Å². The normalized spacial score (nSPS) is 19.2. The lowest BCUT2D eigenvalue weighted by atomic mass is 9.98. The molecule has 102 valence electrons. The van der Waals surface area contributed by atoms with Crippen molar-refractivity contribution in [3.05, 3.63) is 24.2 Å². The quantitative estimate of drug-likeness (QED) is 0.764. The first kappa shape index (κ1) is 13.6. The number of amides is 1. The van der Waals surface area contributed by atoms with Gasteiger partial charge in [-0.15, -0.1) is 0 Å². The number of furan rings is 1. The predicted octanol–water partition coefficient (Wildman–Crippen LogP) is 0.103. The number of hydrogen-bond acceptors (Lipinski definition) is 3. The fourth-order valence-electron chi connectivity index (χ4n) is 2.26. The maximum Gasteiger partial charge on any atom is 0.276 e. The fourth-order valence-corrected chi connectivity index (χ4v) is 2.26. The Bertz CT molecular complexity index is 473. The van der Waals surface area contributed by atoms with Gasteiger partial charge in [0.15, 0.2) is 12.3 Å². The summed E-state index contributed by atoms with van der Waals surface area (Å²) in [6.07, 6.45) is 3.68. The standard InChI is InChI=1S/C14H19N3O2/c1-14(10-15,11-5-6-11)16-13(18)9-17(2)8-12-4-3-7-19-12/h3-4,7,11H,5-6,8-9H2,1-2H3,(H,16,18)/p+1/t14-/m0/s1. The summed E-state index contributed by atoms with van der Waals surface area (Å²) in [5.74, 6) is 1.09. The second-order valence-corrected chi connectivity index (χ2v) is 5.53. The van der Waals surface area contributed by atoms with Crippen LogP contribution in [-0.4, -0.2) is 25.0 Å². The van der Waals surface area contributed by atoms with E-state index in [-0.39, 0.29) is 5.91 Å². The lowest BCUT2D eigenvalue weighted by molar-refractivity contribution is -0.886. The molecule has 1 aromatic heterocycles. The summed E-state index contributed by atoms with van der Waals surface area (Å²) in [5, 5.41) is 12.1. The van der Waals surface area contributed by atoms with Crippen LogP contribution in [0.2, 0.25) is 0 Å². The monoisotopic (exact) mass is 262 g/mol. The Kier molecular flexibility index (Phi) is 3.91. The van der Waals surface area contributed by atoms with Crippen LogP contribution in [0.3, 0.4) is 0 Å². The Labute approximate surface area is 113 Å². The second kappa shape index (κ2) is 5.45. The van der Waals surface area contributed by atoms with Crippen molar-refractivity contribution in [3.63, 3.8) is 0 Å². The summed E-state index contributed by atoms with van der Waals surface area (Å²) in [7, 11) is 1.93. The van der Waals surface area contributed by atoms with E-state index in [1.165, 1.54) is 0 Å². The van der Waals surface area contributed by atoms with Gasteiger partial charge in [-0.1, -0.05) is 0 Å². The van der Waals surface area contributed by atoms with Crippen LogP contribution >= 0.6 is 0 Å². The van der Waals surface area contributed by atoms with Gasteiger partial charge in [0.25, 0.3) is 5.91 Å². The topological polar surface area (TPSA) is 70.5 Å². The Balaban J connectivity index is 1.82. The van der Waals surface area contributed by atoms with Gasteiger partial charge in [0.05, 0.1) is 19.4 Å². The minimum atomic E-state index is -0.706. The molecule has 1 saturated carbocycles. The Hall–Kier alpha value is -1.80. The van der Waals surface area contributed by atoms with Crippen LogP contribution in [0.1, 0.15) is 25.5 Å². The van der Waals surface area contributed by atoms with E-state index in [1.54, 1.807) is 6.26 Å². The van der Waals surface area contributed by atoms with E-state index in [4.69, 9.17) is 4.42 Å². The van der Waals surface area contributed by atoms with Crippen molar-refractivity contribution in [2.75, 3.05) is 13.6 Å². The Morgan fingerprint density at radius 3 is 2.95 bits per heavy atom. The van der Waals surface area contributed by atoms with Gasteiger partial charge in [-0.2, -0.15) is 5.26 Å². The average molecular weight is 262 g/mol. The number of carbonyl (C=O) groups excluding carboxylic acids is 1. The zero-order valence-corrected chi connectivity index (χ0v) is 11.4. The van der Waals surface area contributed by atoms with E-state index in [0.717, 1.165) is 23.5 Å². The number of carbonyl (C=O) groups is 1. The molecule has 1 unspecified atom stereocenters. The van der Waals surface area contributed by atoms with E-state index in [1.807, 2.05) is 26.1 Å². The third-order valence-corrected chi connectivity index (χ3v) is 3.54. The molecule has 5 heteroatoms. The molecular formula is C14H20N3O2+. The highest BCUT2D eigenvalue weighted by molar-refractivity contribution is 5.78. The van der Waals surface area contributed by atoms with Crippen molar-refractivity contribution >= 4 is 5.91 Å². The maximum absolute atomic E-state index is 12.0. The van der Waals surface area contributed by atoms with Crippen molar-refractivity contribution < 1.29 is 14.1 Å². The number of nitrogens with zero attached hydrogens (tertiary/aromatic N) is 1. The molecule has 0 aliphatic heterocycles. The maximum atomic E-state index is 12.0. The minimum Gasteiger partial charge on any atom is -0.463 e. The van der Waals surface area contributed by atoms with E-state index in [0.29, 0.717) is 19.0 Å². The molecule has 0 bridgehead atoms. The number of rotatable bonds is 6. The molecule has 2 N–H and O–H groups in total. The molecule has 2 atom stereocenters. The van der Waals surface area contributed by atoms with Gasteiger partial charge >= 0.3 is 0 Å². The highest BCUT2D eigenvalue weighted by Crippen LogP contribution is 2.38. The molecule has 0 radical (unpaired) electrons. The van der Waals surface area contributed by atoms with Crippen LogP contribution in [-0.2, 0) is 11.3 Å². The van der Waals surface area contributed by atoms with Crippen molar-refractivity contribution in [2.45, 2.75) is 31.8 Å². The molecular weight excluding hydrogens is 242 g/mol. The van der Waals surface area contributed by atoms with Crippen LogP contribution in [0.4, 0.5) is 0 Å². The molecule has 1 amide bonds. The molecule has 0 spiro atoms.